The van der Waals surface area contributed by atoms with Crippen molar-refractivity contribution in [3.8, 4) is 0 Å². The lowest BCUT2D eigenvalue weighted by Gasteiger charge is -2.09. The van der Waals surface area contributed by atoms with Gasteiger partial charge < -0.3 is 10.4 Å². The smallest absolute Gasteiger partial charge is 0.143 e. The van der Waals surface area contributed by atoms with E-state index in [9.17, 15) is 5.11 Å². The number of rotatable bonds is 5. The zero-order valence-corrected chi connectivity index (χ0v) is 9.66. The van der Waals surface area contributed by atoms with Crippen LogP contribution in [0.2, 0.25) is 0 Å². The third-order valence-electron chi connectivity index (χ3n) is 1.91. The average Bonchev–Trinajstić information content (AvgIpc) is 2.20. The molecule has 1 aromatic rings. The Labute approximate surface area is 91.9 Å². The molecule has 2 N–H and O–H groups in total. The van der Waals surface area contributed by atoms with Crippen LogP contribution in [-0.4, -0.2) is 27.7 Å². The van der Waals surface area contributed by atoms with E-state index < -0.39 is 0 Å². The summed E-state index contributed by atoms with van der Waals surface area (Å²) in [4.78, 5) is 7.91. The maximum Gasteiger partial charge on any atom is 0.143 e. The van der Waals surface area contributed by atoms with Gasteiger partial charge >= 0.3 is 0 Å². The van der Waals surface area contributed by atoms with E-state index in [2.05, 4.69) is 31.2 Å². The Balaban J connectivity index is 2.35. The van der Waals surface area contributed by atoms with E-state index in [1.165, 1.54) is 6.33 Å². The summed E-state index contributed by atoms with van der Waals surface area (Å²) in [6.07, 6.45) is 4.46. The SMILES string of the molecule is CCC(O)CCNc1ncncc1Br. The van der Waals surface area contributed by atoms with Gasteiger partial charge in [0.2, 0.25) is 0 Å². The van der Waals surface area contributed by atoms with E-state index in [-0.39, 0.29) is 6.10 Å². The van der Waals surface area contributed by atoms with Gasteiger partial charge in [-0.05, 0) is 28.8 Å². The summed E-state index contributed by atoms with van der Waals surface area (Å²) >= 11 is 3.33. The Kier molecular flexibility index (Phi) is 4.82. The van der Waals surface area contributed by atoms with E-state index >= 15 is 0 Å². The molecular weight excluding hydrogens is 246 g/mol. The van der Waals surface area contributed by atoms with Crippen LogP contribution < -0.4 is 5.32 Å². The summed E-state index contributed by atoms with van der Waals surface area (Å²) in [5.41, 5.74) is 0. The minimum Gasteiger partial charge on any atom is -0.393 e. The van der Waals surface area contributed by atoms with E-state index in [0.717, 1.165) is 23.1 Å². The van der Waals surface area contributed by atoms with Crippen molar-refractivity contribution in [1.82, 2.24) is 9.97 Å². The molecular formula is C9H14BrN3O. The topological polar surface area (TPSA) is 58.0 Å². The van der Waals surface area contributed by atoms with Gasteiger partial charge in [-0.1, -0.05) is 6.92 Å². The van der Waals surface area contributed by atoms with Crippen LogP contribution in [0, 0.1) is 0 Å². The van der Waals surface area contributed by atoms with Crippen LogP contribution in [0.5, 0.6) is 0 Å². The second-order valence-electron chi connectivity index (χ2n) is 3.00. The molecule has 0 amide bonds. The van der Waals surface area contributed by atoms with Crippen LogP contribution in [0.15, 0.2) is 17.0 Å². The molecule has 0 saturated carbocycles. The monoisotopic (exact) mass is 259 g/mol. The summed E-state index contributed by atoms with van der Waals surface area (Å²) in [6, 6.07) is 0. The van der Waals surface area contributed by atoms with Crippen molar-refractivity contribution in [3.63, 3.8) is 0 Å². The number of nitrogens with one attached hydrogen (secondary N) is 1. The lowest BCUT2D eigenvalue weighted by molar-refractivity contribution is 0.164. The van der Waals surface area contributed by atoms with Crippen LogP contribution >= 0.6 is 15.9 Å². The number of aromatic nitrogens is 2. The van der Waals surface area contributed by atoms with Crippen LogP contribution in [0.3, 0.4) is 0 Å². The zero-order chi connectivity index (χ0) is 10.4. The van der Waals surface area contributed by atoms with Crippen molar-refractivity contribution >= 4 is 21.7 Å². The van der Waals surface area contributed by atoms with Crippen molar-refractivity contribution < 1.29 is 5.11 Å². The third-order valence-corrected chi connectivity index (χ3v) is 2.49. The van der Waals surface area contributed by atoms with E-state index in [0.29, 0.717) is 6.54 Å². The Bertz CT molecular complexity index is 283. The largest absolute Gasteiger partial charge is 0.393 e. The maximum absolute atomic E-state index is 9.32. The Morgan fingerprint density at radius 1 is 1.64 bits per heavy atom. The van der Waals surface area contributed by atoms with Gasteiger partial charge in [-0.25, -0.2) is 9.97 Å². The Morgan fingerprint density at radius 3 is 3.07 bits per heavy atom. The minimum atomic E-state index is -0.233. The van der Waals surface area contributed by atoms with Crippen LogP contribution in [0.1, 0.15) is 19.8 Å². The summed E-state index contributed by atoms with van der Waals surface area (Å²) < 4.78 is 0.839. The van der Waals surface area contributed by atoms with Crippen molar-refractivity contribution in [3.05, 3.63) is 17.0 Å². The number of hydrogen-bond donors (Lipinski definition) is 2. The first kappa shape index (κ1) is 11.4. The average molecular weight is 260 g/mol. The van der Waals surface area contributed by atoms with Gasteiger partial charge in [-0.15, -0.1) is 0 Å². The predicted octanol–water partition coefficient (Wildman–Crippen LogP) is 1.81. The summed E-state index contributed by atoms with van der Waals surface area (Å²) in [5.74, 6) is 0.767. The van der Waals surface area contributed by atoms with E-state index in [4.69, 9.17) is 0 Å². The summed E-state index contributed by atoms with van der Waals surface area (Å²) in [7, 11) is 0. The molecule has 0 aromatic carbocycles. The lowest BCUT2D eigenvalue weighted by Crippen LogP contribution is -2.13. The second kappa shape index (κ2) is 5.93. The molecule has 1 heterocycles. The van der Waals surface area contributed by atoms with Gasteiger partial charge in [0.15, 0.2) is 0 Å². The normalized spacial score (nSPS) is 12.5. The number of hydrogen-bond acceptors (Lipinski definition) is 4. The summed E-state index contributed by atoms with van der Waals surface area (Å²) in [5, 5.41) is 12.4. The maximum atomic E-state index is 9.32. The highest BCUT2D eigenvalue weighted by Crippen LogP contribution is 2.16. The standard InChI is InChI=1S/C9H14BrN3O/c1-2-7(14)3-4-12-9-8(10)5-11-6-13-9/h5-7,14H,2-4H2,1H3,(H,11,12,13). The lowest BCUT2D eigenvalue weighted by atomic mass is 10.2. The highest BCUT2D eigenvalue weighted by Gasteiger charge is 2.02. The van der Waals surface area contributed by atoms with Gasteiger partial charge in [-0.2, -0.15) is 0 Å². The van der Waals surface area contributed by atoms with Crippen molar-refractivity contribution in [2.45, 2.75) is 25.9 Å². The molecule has 1 atom stereocenters. The fourth-order valence-corrected chi connectivity index (χ4v) is 1.36. The quantitative estimate of drug-likeness (QED) is 0.847. The number of halogens is 1. The number of nitrogens with zero attached hydrogens (tertiary/aromatic N) is 2. The van der Waals surface area contributed by atoms with Crippen molar-refractivity contribution in [2.24, 2.45) is 0 Å². The molecule has 0 bridgehead atoms. The highest BCUT2D eigenvalue weighted by molar-refractivity contribution is 9.10. The molecule has 1 rings (SSSR count). The van der Waals surface area contributed by atoms with Crippen LogP contribution in [-0.2, 0) is 0 Å². The molecule has 1 aromatic heterocycles. The van der Waals surface area contributed by atoms with E-state index in [1.54, 1.807) is 6.20 Å². The molecule has 0 saturated heterocycles. The molecule has 0 aliphatic heterocycles. The van der Waals surface area contributed by atoms with E-state index in [1.807, 2.05) is 6.92 Å². The molecule has 1 unspecified atom stereocenters. The van der Waals surface area contributed by atoms with Gasteiger partial charge in [0.25, 0.3) is 0 Å². The number of aliphatic hydroxyl groups excluding tert-OH is 1. The van der Waals surface area contributed by atoms with Gasteiger partial charge in [0.1, 0.15) is 12.1 Å². The predicted molar refractivity (Wildman–Crippen MR) is 59.1 cm³/mol. The molecule has 5 heteroatoms. The number of aliphatic hydroxyl groups is 1. The number of anilines is 1. The first-order valence-electron chi connectivity index (χ1n) is 4.61. The molecule has 0 spiro atoms. The van der Waals surface area contributed by atoms with Crippen LogP contribution in [0.25, 0.3) is 0 Å². The first-order chi connectivity index (χ1) is 6.74. The molecule has 78 valence electrons. The highest BCUT2D eigenvalue weighted by atomic mass is 79.9. The van der Waals surface area contributed by atoms with Crippen molar-refractivity contribution in [1.29, 1.82) is 0 Å². The Hall–Kier alpha value is -0.680. The molecule has 4 nitrogen and oxygen atoms in total. The molecule has 14 heavy (non-hydrogen) atoms. The molecule has 0 fully saturated rings. The van der Waals surface area contributed by atoms with Gasteiger partial charge in [0, 0.05) is 12.7 Å². The zero-order valence-electron chi connectivity index (χ0n) is 8.07. The fraction of sp³-hybridized carbons (Fsp3) is 0.556. The Morgan fingerprint density at radius 2 is 2.43 bits per heavy atom. The molecule has 0 aliphatic rings. The first-order valence-corrected chi connectivity index (χ1v) is 5.40. The van der Waals surface area contributed by atoms with Crippen molar-refractivity contribution in [2.75, 3.05) is 11.9 Å². The third kappa shape index (κ3) is 3.59. The minimum absolute atomic E-state index is 0.233. The molecule has 0 aliphatic carbocycles. The molecule has 0 radical (unpaired) electrons. The van der Waals surface area contributed by atoms with Gasteiger partial charge in [-0.3, -0.25) is 0 Å². The second-order valence-corrected chi connectivity index (χ2v) is 3.85. The van der Waals surface area contributed by atoms with Gasteiger partial charge in [0.05, 0.1) is 10.6 Å². The van der Waals surface area contributed by atoms with Crippen LogP contribution in [0.4, 0.5) is 5.82 Å². The summed E-state index contributed by atoms with van der Waals surface area (Å²) in [6.45, 7) is 2.68. The fourth-order valence-electron chi connectivity index (χ4n) is 1.00.